The van der Waals surface area contributed by atoms with E-state index in [-0.39, 0.29) is 5.54 Å². The molecule has 1 aromatic carbocycles. The zero-order chi connectivity index (χ0) is 11.6. The van der Waals surface area contributed by atoms with Crippen molar-refractivity contribution in [3.05, 3.63) is 35.9 Å². The number of hydrogen-bond acceptors (Lipinski definition) is 1. The molecular weight excluding hydrogens is 194 g/mol. The van der Waals surface area contributed by atoms with Gasteiger partial charge in [0.1, 0.15) is 0 Å². The van der Waals surface area contributed by atoms with Crippen molar-refractivity contribution in [1.82, 2.24) is 5.32 Å². The molecule has 1 unspecified atom stereocenters. The van der Waals surface area contributed by atoms with Crippen molar-refractivity contribution in [2.45, 2.75) is 45.6 Å². The summed E-state index contributed by atoms with van der Waals surface area (Å²) in [6.45, 7) is 8.27. The minimum absolute atomic E-state index is 0.280. The topological polar surface area (TPSA) is 12.0 Å². The second-order valence-electron chi connectivity index (χ2n) is 5.85. The summed E-state index contributed by atoms with van der Waals surface area (Å²) in [5.41, 5.74) is 2.18. The average molecular weight is 217 g/mol. The van der Waals surface area contributed by atoms with Crippen LogP contribution in [0.5, 0.6) is 0 Å². The van der Waals surface area contributed by atoms with Crippen LogP contribution in [0, 0.1) is 5.41 Å². The summed E-state index contributed by atoms with van der Waals surface area (Å²) in [5.74, 6) is 0. The summed E-state index contributed by atoms with van der Waals surface area (Å²) < 4.78 is 0. The van der Waals surface area contributed by atoms with E-state index in [2.05, 4.69) is 56.4 Å². The van der Waals surface area contributed by atoms with Crippen LogP contribution in [0.2, 0.25) is 0 Å². The SMILES string of the molecule is CC1(CCc2ccccc2)CCNC1(C)C. The van der Waals surface area contributed by atoms with Gasteiger partial charge in [0.15, 0.2) is 0 Å². The Bertz CT molecular complexity index is 342. The Morgan fingerprint density at radius 1 is 1.12 bits per heavy atom. The molecule has 0 aromatic heterocycles. The summed E-state index contributed by atoms with van der Waals surface area (Å²) in [4.78, 5) is 0. The molecule has 0 amide bonds. The van der Waals surface area contributed by atoms with Gasteiger partial charge in [0, 0.05) is 5.54 Å². The molecule has 1 nitrogen and oxygen atoms in total. The van der Waals surface area contributed by atoms with Crippen LogP contribution in [0.15, 0.2) is 30.3 Å². The lowest BCUT2D eigenvalue weighted by atomic mass is 9.70. The standard InChI is InChI=1S/C15H23N/c1-14(2)15(3,11-12-16-14)10-9-13-7-5-4-6-8-13/h4-8,16H,9-12H2,1-3H3. The molecule has 1 heterocycles. The Kier molecular flexibility index (Phi) is 3.07. The number of nitrogens with one attached hydrogen (secondary N) is 1. The Hall–Kier alpha value is -0.820. The minimum Gasteiger partial charge on any atom is -0.311 e. The number of hydrogen-bond donors (Lipinski definition) is 1. The zero-order valence-electron chi connectivity index (χ0n) is 10.7. The molecule has 0 radical (unpaired) electrons. The Morgan fingerprint density at radius 3 is 2.38 bits per heavy atom. The van der Waals surface area contributed by atoms with Gasteiger partial charge in [-0.05, 0) is 50.6 Å². The molecule has 88 valence electrons. The Labute approximate surface area is 99.3 Å². The Morgan fingerprint density at radius 2 is 1.81 bits per heavy atom. The maximum atomic E-state index is 3.62. The molecule has 1 saturated heterocycles. The molecule has 0 saturated carbocycles. The van der Waals surface area contributed by atoms with Crippen LogP contribution >= 0.6 is 0 Å². The molecule has 0 bridgehead atoms. The first-order valence-electron chi connectivity index (χ1n) is 6.32. The normalized spacial score (nSPS) is 28.2. The first kappa shape index (κ1) is 11.7. The zero-order valence-corrected chi connectivity index (χ0v) is 10.7. The second kappa shape index (κ2) is 4.21. The minimum atomic E-state index is 0.280. The van der Waals surface area contributed by atoms with Crippen molar-refractivity contribution in [3.8, 4) is 0 Å². The van der Waals surface area contributed by atoms with Gasteiger partial charge in [0.25, 0.3) is 0 Å². The molecule has 1 aliphatic rings. The third-order valence-corrected chi connectivity index (χ3v) is 4.56. The first-order chi connectivity index (χ1) is 7.54. The summed E-state index contributed by atoms with van der Waals surface area (Å²) in [6.07, 6.45) is 3.77. The van der Waals surface area contributed by atoms with Crippen LogP contribution in [0.1, 0.15) is 39.2 Å². The third-order valence-electron chi connectivity index (χ3n) is 4.56. The molecule has 0 aliphatic carbocycles. The summed E-state index contributed by atoms with van der Waals surface area (Å²) in [7, 11) is 0. The molecule has 1 aromatic rings. The predicted molar refractivity (Wildman–Crippen MR) is 69.6 cm³/mol. The largest absolute Gasteiger partial charge is 0.311 e. The van der Waals surface area contributed by atoms with Crippen molar-refractivity contribution >= 4 is 0 Å². The second-order valence-corrected chi connectivity index (χ2v) is 5.85. The third kappa shape index (κ3) is 2.15. The van der Waals surface area contributed by atoms with E-state index in [1.807, 2.05) is 0 Å². The molecule has 16 heavy (non-hydrogen) atoms. The molecule has 1 N–H and O–H groups in total. The molecule has 1 fully saturated rings. The van der Waals surface area contributed by atoms with E-state index < -0.39 is 0 Å². The molecule has 1 heteroatoms. The van der Waals surface area contributed by atoms with E-state index in [1.165, 1.54) is 24.8 Å². The first-order valence-corrected chi connectivity index (χ1v) is 6.32. The average Bonchev–Trinajstić information content (AvgIpc) is 2.53. The van der Waals surface area contributed by atoms with Crippen LogP contribution in [0.4, 0.5) is 0 Å². The lowest BCUT2D eigenvalue weighted by Gasteiger charge is -2.38. The predicted octanol–water partition coefficient (Wildman–Crippen LogP) is 3.40. The van der Waals surface area contributed by atoms with E-state index in [1.54, 1.807) is 0 Å². The fourth-order valence-corrected chi connectivity index (χ4v) is 2.68. The van der Waals surface area contributed by atoms with Gasteiger partial charge in [0.05, 0.1) is 0 Å². The van der Waals surface area contributed by atoms with Gasteiger partial charge < -0.3 is 5.32 Å². The highest BCUT2D eigenvalue weighted by Gasteiger charge is 2.44. The van der Waals surface area contributed by atoms with E-state index in [9.17, 15) is 0 Å². The molecule has 2 rings (SSSR count). The van der Waals surface area contributed by atoms with Gasteiger partial charge in [-0.3, -0.25) is 0 Å². The number of rotatable bonds is 3. The lowest BCUT2D eigenvalue weighted by Crippen LogP contribution is -2.45. The van der Waals surface area contributed by atoms with Crippen LogP contribution in [0.25, 0.3) is 0 Å². The number of aryl methyl sites for hydroxylation is 1. The van der Waals surface area contributed by atoms with E-state index in [0.29, 0.717) is 5.41 Å². The lowest BCUT2D eigenvalue weighted by molar-refractivity contribution is 0.181. The van der Waals surface area contributed by atoms with Gasteiger partial charge in [-0.2, -0.15) is 0 Å². The fraction of sp³-hybridized carbons (Fsp3) is 0.600. The molecule has 1 aliphatic heterocycles. The fourth-order valence-electron chi connectivity index (χ4n) is 2.68. The number of benzene rings is 1. The maximum absolute atomic E-state index is 3.62. The van der Waals surface area contributed by atoms with Gasteiger partial charge in [0.2, 0.25) is 0 Å². The van der Waals surface area contributed by atoms with E-state index in [0.717, 1.165) is 6.54 Å². The van der Waals surface area contributed by atoms with Gasteiger partial charge in [-0.1, -0.05) is 37.3 Å². The van der Waals surface area contributed by atoms with Gasteiger partial charge in [-0.15, -0.1) is 0 Å². The van der Waals surface area contributed by atoms with Crippen LogP contribution in [0.3, 0.4) is 0 Å². The highest BCUT2D eigenvalue weighted by Crippen LogP contribution is 2.42. The summed E-state index contributed by atoms with van der Waals surface area (Å²) in [5, 5.41) is 3.62. The van der Waals surface area contributed by atoms with Crippen LogP contribution in [-0.4, -0.2) is 12.1 Å². The van der Waals surface area contributed by atoms with Crippen molar-refractivity contribution < 1.29 is 0 Å². The van der Waals surface area contributed by atoms with Crippen molar-refractivity contribution in [1.29, 1.82) is 0 Å². The van der Waals surface area contributed by atoms with Crippen LogP contribution < -0.4 is 5.32 Å². The van der Waals surface area contributed by atoms with Crippen molar-refractivity contribution in [3.63, 3.8) is 0 Å². The van der Waals surface area contributed by atoms with E-state index >= 15 is 0 Å². The Balaban J connectivity index is 2.00. The smallest absolute Gasteiger partial charge is 0.0179 e. The maximum Gasteiger partial charge on any atom is 0.0179 e. The molecule has 1 atom stereocenters. The summed E-state index contributed by atoms with van der Waals surface area (Å²) >= 11 is 0. The van der Waals surface area contributed by atoms with Crippen LogP contribution in [-0.2, 0) is 6.42 Å². The van der Waals surface area contributed by atoms with Gasteiger partial charge >= 0.3 is 0 Å². The van der Waals surface area contributed by atoms with E-state index in [4.69, 9.17) is 0 Å². The highest BCUT2D eigenvalue weighted by molar-refractivity contribution is 5.15. The molecular formula is C15H23N. The molecule has 0 spiro atoms. The highest BCUT2D eigenvalue weighted by atomic mass is 15.0. The monoisotopic (exact) mass is 217 g/mol. The summed E-state index contributed by atoms with van der Waals surface area (Å²) in [6, 6.07) is 10.8. The van der Waals surface area contributed by atoms with Gasteiger partial charge in [-0.25, -0.2) is 0 Å². The van der Waals surface area contributed by atoms with Crippen molar-refractivity contribution in [2.24, 2.45) is 5.41 Å². The van der Waals surface area contributed by atoms with Crippen molar-refractivity contribution in [2.75, 3.05) is 6.54 Å². The quantitative estimate of drug-likeness (QED) is 0.818.